The number of rotatable bonds is 10. The van der Waals surface area contributed by atoms with Gasteiger partial charge in [-0.1, -0.05) is 77.3 Å². The molecule has 2 N–H and O–H groups in total. The van der Waals surface area contributed by atoms with Gasteiger partial charge in [0, 0.05) is 0 Å². The van der Waals surface area contributed by atoms with Gasteiger partial charge in [0.05, 0.1) is 9.79 Å². The number of aryl methyl sites for hydroxylation is 2. The van der Waals surface area contributed by atoms with Crippen LogP contribution in [0.15, 0.2) is 34.1 Å². The minimum absolute atomic E-state index is 0.325. The van der Waals surface area contributed by atoms with Crippen LogP contribution in [0.1, 0.15) is 75.6 Å². The summed E-state index contributed by atoms with van der Waals surface area (Å²) >= 11 is 1.55. The second-order valence-electron chi connectivity index (χ2n) is 7.21. The first-order chi connectivity index (χ1) is 13.1. The summed E-state index contributed by atoms with van der Waals surface area (Å²) in [5.74, 6) is 0.650. The molecule has 0 radical (unpaired) electrons. The Bertz CT molecular complexity index is 689. The summed E-state index contributed by atoms with van der Waals surface area (Å²) in [5.41, 5.74) is 5.13. The monoisotopic (exact) mass is 386 g/mol. The third-order valence-corrected chi connectivity index (χ3v) is 6.24. The molecule has 2 rings (SSSR count). The molecule has 0 aliphatic carbocycles. The zero-order chi connectivity index (χ0) is 19.8. The molecule has 0 aliphatic rings. The maximum absolute atomic E-state index is 10.7. The fraction of sp³-hybridized carbons (Fsp3) is 0.500. The van der Waals surface area contributed by atoms with Gasteiger partial charge in [-0.2, -0.15) is 0 Å². The van der Waals surface area contributed by atoms with E-state index in [1.807, 2.05) is 12.1 Å². The molecular formula is C24H34O2S. The summed E-state index contributed by atoms with van der Waals surface area (Å²) in [6, 6.07) is 7.76. The van der Waals surface area contributed by atoms with Crippen LogP contribution in [0, 0.1) is 0 Å². The molecule has 0 spiro atoms. The number of phenolic OH excluding ortho intramolecular Hbond substituents is 2. The molecule has 27 heavy (non-hydrogen) atoms. The van der Waals surface area contributed by atoms with Crippen LogP contribution in [0.25, 0.3) is 0 Å². The number of hydrogen-bond acceptors (Lipinski definition) is 3. The lowest BCUT2D eigenvalue weighted by Gasteiger charge is -2.19. The van der Waals surface area contributed by atoms with Gasteiger partial charge in [-0.05, 0) is 60.1 Å². The highest BCUT2D eigenvalue weighted by molar-refractivity contribution is 7.99. The molecule has 2 nitrogen and oxygen atoms in total. The van der Waals surface area contributed by atoms with Crippen LogP contribution in [-0.4, -0.2) is 10.2 Å². The normalized spacial score (nSPS) is 11.1. The Hall–Kier alpha value is -1.61. The lowest BCUT2D eigenvalue weighted by atomic mass is 9.99. The molecule has 0 atom stereocenters. The Morgan fingerprint density at radius 3 is 1.30 bits per heavy atom. The molecule has 2 aromatic carbocycles. The number of benzene rings is 2. The predicted octanol–water partition coefficient (Wildman–Crippen LogP) is 7.06. The van der Waals surface area contributed by atoms with Gasteiger partial charge in [-0.15, -0.1) is 0 Å². The Labute approximate surface area is 169 Å². The van der Waals surface area contributed by atoms with Gasteiger partial charge in [-0.25, -0.2) is 0 Å². The van der Waals surface area contributed by atoms with Crippen LogP contribution >= 0.6 is 11.8 Å². The molecule has 0 fully saturated rings. The maximum atomic E-state index is 10.7. The van der Waals surface area contributed by atoms with E-state index in [1.165, 1.54) is 22.3 Å². The number of hydrogen-bond donors (Lipinski definition) is 2. The lowest BCUT2D eigenvalue weighted by molar-refractivity contribution is 0.457. The van der Waals surface area contributed by atoms with Gasteiger partial charge in [0.2, 0.25) is 0 Å². The third-order valence-electron chi connectivity index (χ3n) is 4.92. The molecule has 0 unspecified atom stereocenters. The quantitative estimate of drug-likeness (QED) is 0.459. The van der Waals surface area contributed by atoms with E-state index in [-0.39, 0.29) is 0 Å². The van der Waals surface area contributed by atoms with Crippen molar-refractivity contribution in [1.82, 2.24) is 0 Å². The van der Waals surface area contributed by atoms with Crippen molar-refractivity contribution < 1.29 is 10.2 Å². The molecule has 0 saturated heterocycles. The summed E-state index contributed by atoms with van der Waals surface area (Å²) < 4.78 is 0. The third kappa shape index (κ3) is 5.22. The highest BCUT2D eigenvalue weighted by Gasteiger charge is 2.19. The van der Waals surface area contributed by atoms with Crippen molar-refractivity contribution in [3.8, 4) is 11.5 Å². The van der Waals surface area contributed by atoms with Gasteiger partial charge >= 0.3 is 0 Å². The van der Waals surface area contributed by atoms with Crippen molar-refractivity contribution in [2.45, 2.75) is 88.9 Å². The van der Waals surface area contributed by atoms with Crippen molar-refractivity contribution >= 4 is 11.8 Å². The standard InChI is InChI=1S/C24H34O2S/c1-5-9-17-13-15-21(25)23(19(17)11-7-3)27-24-20(12-8-4)18(10-6-2)14-16-22(24)26/h13-16,25-26H,5-12H2,1-4H3. The molecule has 0 aliphatic heterocycles. The summed E-state index contributed by atoms with van der Waals surface area (Å²) in [7, 11) is 0. The van der Waals surface area contributed by atoms with E-state index in [9.17, 15) is 10.2 Å². The van der Waals surface area contributed by atoms with Crippen molar-refractivity contribution in [2.24, 2.45) is 0 Å². The van der Waals surface area contributed by atoms with E-state index in [4.69, 9.17) is 0 Å². The van der Waals surface area contributed by atoms with Crippen molar-refractivity contribution in [1.29, 1.82) is 0 Å². The summed E-state index contributed by atoms with van der Waals surface area (Å²) in [6.07, 6.45) is 8.19. The second kappa shape index (κ2) is 10.7. The highest BCUT2D eigenvalue weighted by Crippen LogP contribution is 2.45. The fourth-order valence-corrected chi connectivity index (χ4v) is 4.96. The van der Waals surface area contributed by atoms with Crippen LogP contribution in [0.2, 0.25) is 0 Å². The highest BCUT2D eigenvalue weighted by atomic mass is 32.2. The SMILES string of the molecule is CCCc1ccc(O)c(Sc2c(O)ccc(CCC)c2CCC)c1CCC. The smallest absolute Gasteiger partial charge is 0.129 e. The fourth-order valence-electron chi connectivity index (χ4n) is 3.70. The summed E-state index contributed by atoms with van der Waals surface area (Å²) in [4.78, 5) is 1.84. The zero-order valence-electron chi connectivity index (χ0n) is 17.3. The van der Waals surface area contributed by atoms with Gasteiger partial charge < -0.3 is 10.2 Å². The Balaban J connectivity index is 2.58. The molecule has 148 valence electrons. The van der Waals surface area contributed by atoms with Gasteiger partial charge in [-0.3, -0.25) is 0 Å². The first-order valence-electron chi connectivity index (χ1n) is 10.4. The number of aromatic hydroxyl groups is 2. The molecular weight excluding hydrogens is 352 g/mol. The predicted molar refractivity (Wildman–Crippen MR) is 116 cm³/mol. The molecule has 0 amide bonds. The minimum Gasteiger partial charge on any atom is -0.507 e. The van der Waals surface area contributed by atoms with E-state index in [0.29, 0.717) is 11.5 Å². The topological polar surface area (TPSA) is 40.5 Å². The minimum atomic E-state index is 0.325. The molecule has 0 saturated carbocycles. The van der Waals surface area contributed by atoms with Crippen LogP contribution in [-0.2, 0) is 25.7 Å². The van der Waals surface area contributed by atoms with Crippen molar-refractivity contribution in [3.05, 3.63) is 46.5 Å². The molecule has 0 heterocycles. The zero-order valence-corrected chi connectivity index (χ0v) is 18.1. The Morgan fingerprint density at radius 2 is 0.963 bits per heavy atom. The van der Waals surface area contributed by atoms with Crippen LogP contribution in [0.3, 0.4) is 0 Å². The average molecular weight is 387 g/mol. The average Bonchev–Trinajstić information content (AvgIpc) is 2.65. The Morgan fingerprint density at radius 1 is 0.593 bits per heavy atom. The summed E-state index contributed by atoms with van der Waals surface area (Å²) in [6.45, 7) is 8.73. The second-order valence-corrected chi connectivity index (χ2v) is 8.23. The van der Waals surface area contributed by atoms with Gasteiger partial charge in [0.1, 0.15) is 11.5 Å². The van der Waals surface area contributed by atoms with Gasteiger partial charge in [0.15, 0.2) is 0 Å². The van der Waals surface area contributed by atoms with E-state index < -0.39 is 0 Å². The van der Waals surface area contributed by atoms with Crippen molar-refractivity contribution in [2.75, 3.05) is 0 Å². The molecule has 2 aromatic rings. The van der Waals surface area contributed by atoms with Crippen LogP contribution in [0.5, 0.6) is 11.5 Å². The van der Waals surface area contributed by atoms with Crippen molar-refractivity contribution in [3.63, 3.8) is 0 Å². The van der Waals surface area contributed by atoms with E-state index in [0.717, 1.165) is 61.2 Å². The number of phenols is 2. The first kappa shape index (κ1) is 21.7. The van der Waals surface area contributed by atoms with E-state index >= 15 is 0 Å². The Kier molecular flexibility index (Phi) is 8.56. The molecule has 3 heteroatoms. The van der Waals surface area contributed by atoms with Crippen LogP contribution in [0.4, 0.5) is 0 Å². The van der Waals surface area contributed by atoms with E-state index in [1.54, 1.807) is 11.8 Å². The first-order valence-corrected chi connectivity index (χ1v) is 11.2. The molecule has 0 aromatic heterocycles. The van der Waals surface area contributed by atoms with Crippen LogP contribution < -0.4 is 0 Å². The lowest BCUT2D eigenvalue weighted by Crippen LogP contribution is -2.00. The van der Waals surface area contributed by atoms with Gasteiger partial charge in [0.25, 0.3) is 0 Å². The molecule has 0 bridgehead atoms. The maximum Gasteiger partial charge on any atom is 0.129 e. The summed E-state index contributed by atoms with van der Waals surface area (Å²) in [5, 5.41) is 21.3. The van der Waals surface area contributed by atoms with E-state index in [2.05, 4.69) is 39.8 Å². The largest absolute Gasteiger partial charge is 0.507 e.